The Hall–Kier alpha value is -3.67. The SMILES string of the molecule is CC/C=C\C/C=C\C/C=C\C/C=C\C/C=C\CCCCCC(=O)N1c2ccc(Cl)cc2N=C(N2CCN(C)CC2)c2ccccc21. The van der Waals surface area contributed by atoms with Crippen molar-refractivity contribution in [3.8, 4) is 0 Å². The lowest BCUT2D eigenvalue weighted by atomic mass is 10.1. The molecule has 0 aromatic heterocycles. The van der Waals surface area contributed by atoms with Gasteiger partial charge in [0.15, 0.2) is 0 Å². The zero-order valence-electron chi connectivity index (χ0n) is 27.8. The number of anilines is 2. The molecule has 2 heterocycles. The number of allylic oxidation sites excluding steroid dienone is 10. The molecule has 0 aliphatic carbocycles. The molecule has 46 heavy (non-hydrogen) atoms. The van der Waals surface area contributed by atoms with Gasteiger partial charge in [-0.3, -0.25) is 9.69 Å². The Morgan fingerprint density at radius 1 is 0.761 bits per heavy atom. The lowest BCUT2D eigenvalue weighted by Crippen LogP contribution is -2.47. The van der Waals surface area contributed by atoms with Crippen LogP contribution in [0.4, 0.5) is 17.1 Å². The van der Waals surface area contributed by atoms with E-state index in [-0.39, 0.29) is 5.91 Å². The van der Waals surface area contributed by atoms with E-state index in [2.05, 4.69) is 90.6 Å². The molecule has 6 heteroatoms. The zero-order chi connectivity index (χ0) is 32.4. The van der Waals surface area contributed by atoms with E-state index in [1.807, 2.05) is 41.3 Å². The van der Waals surface area contributed by atoms with Gasteiger partial charge in [0, 0.05) is 43.2 Å². The molecule has 1 amide bonds. The Labute approximate surface area is 282 Å². The number of hydrogen-bond acceptors (Lipinski definition) is 4. The van der Waals surface area contributed by atoms with Crippen LogP contribution in [0.15, 0.2) is 108 Å². The molecule has 1 fully saturated rings. The molecule has 2 aliphatic heterocycles. The Balaban J connectivity index is 1.23. The number of carbonyl (C=O) groups excluding carboxylic acids is 1. The Bertz CT molecular complexity index is 1430. The number of amidine groups is 1. The van der Waals surface area contributed by atoms with Crippen molar-refractivity contribution in [2.45, 2.75) is 71.1 Å². The number of amides is 1. The van der Waals surface area contributed by atoms with E-state index >= 15 is 0 Å². The van der Waals surface area contributed by atoms with E-state index in [9.17, 15) is 4.79 Å². The van der Waals surface area contributed by atoms with Crippen LogP contribution in [0, 0.1) is 0 Å². The average Bonchev–Trinajstić information content (AvgIpc) is 3.20. The van der Waals surface area contributed by atoms with Crippen molar-refractivity contribution in [3.63, 3.8) is 0 Å². The first-order chi connectivity index (χ1) is 22.6. The topological polar surface area (TPSA) is 39.2 Å². The number of para-hydroxylation sites is 1. The fraction of sp³-hybridized carbons (Fsp3) is 0.400. The van der Waals surface area contributed by atoms with Gasteiger partial charge in [0.2, 0.25) is 5.91 Å². The highest BCUT2D eigenvalue weighted by molar-refractivity contribution is 6.31. The van der Waals surface area contributed by atoms with Crippen molar-refractivity contribution in [2.24, 2.45) is 4.99 Å². The van der Waals surface area contributed by atoms with Gasteiger partial charge in [0.1, 0.15) is 5.84 Å². The van der Waals surface area contributed by atoms with Crippen molar-refractivity contribution >= 4 is 40.4 Å². The Morgan fingerprint density at radius 2 is 1.39 bits per heavy atom. The molecule has 0 radical (unpaired) electrons. The van der Waals surface area contributed by atoms with Crippen molar-refractivity contribution in [1.29, 1.82) is 0 Å². The highest BCUT2D eigenvalue weighted by Crippen LogP contribution is 2.42. The van der Waals surface area contributed by atoms with Crippen LogP contribution < -0.4 is 4.90 Å². The van der Waals surface area contributed by atoms with Gasteiger partial charge < -0.3 is 9.80 Å². The molecule has 0 saturated carbocycles. The maximum absolute atomic E-state index is 13.9. The second-order valence-corrected chi connectivity index (χ2v) is 12.3. The molecule has 2 aromatic rings. The molecule has 0 unspecified atom stereocenters. The van der Waals surface area contributed by atoms with Crippen LogP contribution in [0.3, 0.4) is 0 Å². The van der Waals surface area contributed by atoms with E-state index < -0.39 is 0 Å². The minimum Gasteiger partial charge on any atom is -0.353 e. The lowest BCUT2D eigenvalue weighted by Gasteiger charge is -2.35. The fourth-order valence-electron chi connectivity index (χ4n) is 5.66. The van der Waals surface area contributed by atoms with Crippen LogP contribution in [0.5, 0.6) is 0 Å². The van der Waals surface area contributed by atoms with Gasteiger partial charge in [-0.15, -0.1) is 0 Å². The van der Waals surface area contributed by atoms with Gasteiger partial charge in [0.25, 0.3) is 0 Å². The summed E-state index contributed by atoms with van der Waals surface area (Å²) < 4.78 is 0. The van der Waals surface area contributed by atoms with Crippen LogP contribution in [0.2, 0.25) is 5.02 Å². The number of halogens is 1. The first kappa shape index (κ1) is 35.2. The molecular formula is C40H51ClN4O. The summed E-state index contributed by atoms with van der Waals surface area (Å²) in [6, 6.07) is 13.8. The van der Waals surface area contributed by atoms with Crippen LogP contribution in [-0.2, 0) is 4.79 Å². The van der Waals surface area contributed by atoms with Crippen LogP contribution in [-0.4, -0.2) is 54.8 Å². The van der Waals surface area contributed by atoms with Crippen molar-refractivity contribution in [3.05, 3.63) is 114 Å². The summed E-state index contributed by atoms with van der Waals surface area (Å²) in [5.74, 6) is 1.01. The molecule has 0 N–H and O–H groups in total. The van der Waals surface area contributed by atoms with Gasteiger partial charge in [-0.2, -0.15) is 0 Å². The number of benzene rings is 2. The number of carbonyl (C=O) groups is 1. The number of hydrogen-bond donors (Lipinski definition) is 0. The first-order valence-corrected chi connectivity index (χ1v) is 17.5. The highest BCUT2D eigenvalue weighted by atomic mass is 35.5. The third-order valence-corrected chi connectivity index (χ3v) is 8.50. The summed E-state index contributed by atoms with van der Waals surface area (Å²) in [6.07, 6.45) is 31.9. The smallest absolute Gasteiger partial charge is 0.231 e. The van der Waals surface area contributed by atoms with Crippen LogP contribution in [0.25, 0.3) is 0 Å². The quantitative estimate of drug-likeness (QED) is 0.144. The summed E-state index contributed by atoms with van der Waals surface area (Å²) in [6.45, 7) is 5.90. The largest absolute Gasteiger partial charge is 0.353 e. The molecule has 5 nitrogen and oxygen atoms in total. The van der Waals surface area contributed by atoms with Gasteiger partial charge in [0.05, 0.1) is 17.1 Å². The Kier molecular flexibility index (Phi) is 15.1. The lowest BCUT2D eigenvalue weighted by molar-refractivity contribution is -0.118. The number of aliphatic imine (C=N–C) groups is 1. The summed E-state index contributed by atoms with van der Waals surface area (Å²) in [5.41, 5.74) is 3.42. The predicted molar refractivity (Wildman–Crippen MR) is 198 cm³/mol. The molecule has 2 aliphatic rings. The van der Waals surface area contributed by atoms with E-state index in [1.165, 1.54) is 0 Å². The van der Waals surface area contributed by atoms with Crippen molar-refractivity contribution in [1.82, 2.24) is 9.80 Å². The molecule has 4 rings (SSSR count). The summed E-state index contributed by atoms with van der Waals surface area (Å²) >= 11 is 6.44. The van der Waals surface area contributed by atoms with Crippen LogP contribution in [0.1, 0.15) is 76.7 Å². The van der Waals surface area contributed by atoms with Gasteiger partial charge in [-0.1, -0.05) is 97.8 Å². The molecule has 1 saturated heterocycles. The summed E-state index contributed by atoms with van der Waals surface area (Å²) in [4.78, 5) is 25.5. The third kappa shape index (κ3) is 11.0. The van der Waals surface area contributed by atoms with Gasteiger partial charge in [-0.05, 0) is 88.7 Å². The second kappa shape index (κ2) is 19.8. The minimum atomic E-state index is 0.0979. The van der Waals surface area contributed by atoms with Crippen molar-refractivity contribution in [2.75, 3.05) is 38.1 Å². The van der Waals surface area contributed by atoms with E-state index in [0.717, 1.165) is 112 Å². The summed E-state index contributed by atoms with van der Waals surface area (Å²) in [7, 11) is 2.15. The highest BCUT2D eigenvalue weighted by Gasteiger charge is 2.30. The molecular weight excluding hydrogens is 588 g/mol. The van der Waals surface area contributed by atoms with E-state index in [4.69, 9.17) is 16.6 Å². The number of fused-ring (bicyclic) bond motifs is 2. The standard InChI is InChI=1S/C40H51ClN4O/c1-3-4-5-6-7-8-9-10-11-12-13-14-15-16-17-18-19-20-21-26-39(46)45-37-25-23-22-24-35(37)40(44-31-29-43(2)30-32-44)42-36-33-34(41)27-28-38(36)45/h4-5,7-8,10-11,13-14,16-17,22-25,27-28,33H,3,6,9,12,15,18-21,26,29-32H2,1-2H3/b5-4-,8-7-,11-10-,14-13-,17-16-. The maximum atomic E-state index is 13.9. The second-order valence-electron chi connectivity index (χ2n) is 11.9. The zero-order valence-corrected chi connectivity index (χ0v) is 28.5. The van der Waals surface area contributed by atoms with Crippen LogP contribution >= 0.6 is 11.6 Å². The fourth-order valence-corrected chi connectivity index (χ4v) is 5.83. The number of likely N-dealkylation sites (N-methyl/N-ethyl adjacent to an activating group) is 1. The van der Waals surface area contributed by atoms with Gasteiger partial charge in [-0.25, -0.2) is 4.99 Å². The molecule has 0 spiro atoms. The third-order valence-electron chi connectivity index (χ3n) is 8.26. The van der Waals surface area contributed by atoms with Crippen molar-refractivity contribution < 1.29 is 4.79 Å². The predicted octanol–water partition coefficient (Wildman–Crippen LogP) is 10.3. The molecule has 244 valence electrons. The monoisotopic (exact) mass is 638 g/mol. The maximum Gasteiger partial charge on any atom is 0.231 e. The first-order valence-electron chi connectivity index (χ1n) is 17.1. The molecule has 0 bridgehead atoms. The number of unbranched alkanes of at least 4 members (excludes halogenated alkanes) is 3. The van der Waals surface area contributed by atoms with E-state index in [1.54, 1.807) is 0 Å². The Morgan fingerprint density at radius 3 is 2.07 bits per heavy atom. The average molecular weight is 639 g/mol. The molecule has 2 aromatic carbocycles. The number of nitrogens with zero attached hydrogens (tertiary/aromatic N) is 4. The van der Waals surface area contributed by atoms with Gasteiger partial charge >= 0.3 is 0 Å². The van der Waals surface area contributed by atoms with E-state index in [0.29, 0.717) is 11.4 Å². The molecule has 0 atom stereocenters. The number of piperazine rings is 1. The normalized spacial score (nSPS) is 15.8. The number of rotatable bonds is 15. The minimum absolute atomic E-state index is 0.0979. The summed E-state index contributed by atoms with van der Waals surface area (Å²) in [5, 5.41) is 0.619.